The van der Waals surface area contributed by atoms with Crippen LogP contribution in [0.3, 0.4) is 0 Å². The minimum absolute atomic E-state index is 0.0357. The first-order chi connectivity index (χ1) is 8.31. The van der Waals surface area contributed by atoms with Gasteiger partial charge < -0.3 is 5.32 Å². The van der Waals surface area contributed by atoms with E-state index >= 15 is 0 Å². The van der Waals surface area contributed by atoms with E-state index in [1.165, 1.54) is 19.4 Å². The third-order valence-electron chi connectivity index (χ3n) is 3.44. The molecular formula is C14H20N2O. The van der Waals surface area contributed by atoms with Crippen molar-refractivity contribution in [3.05, 3.63) is 35.9 Å². The minimum atomic E-state index is 0.0357. The Labute approximate surface area is 103 Å². The van der Waals surface area contributed by atoms with Crippen molar-refractivity contribution in [2.45, 2.75) is 25.8 Å². The van der Waals surface area contributed by atoms with E-state index in [4.69, 9.17) is 0 Å². The number of carbonyl (C=O) groups is 1. The highest BCUT2D eigenvalue weighted by atomic mass is 16.1. The second-order valence-electron chi connectivity index (χ2n) is 4.50. The number of likely N-dealkylation sites (N-methyl/N-ethyl adjacent to an activating group) is 1. The third-order valence-corrected chi connectivity index (χ3v) is 3.44. The van der Waals surface area contributed by atoms with E-state index in [1.807, 2.05) is 30.3 Å². The molecule has 0 radical (unpaired) electrons. The average molecular weight is 232 g/mol. The summed E-state index contributed by atoms with van der Waals surface area (Å²) in [6, 6.07) is 9.93. The topological polar surface area (TPSA) is 32.3 Å². The smallest absolute Gasteiger partial charge is 0.251 e. The Morgan fingerprint density at radius 3 is 2.88 bits per heavy atom. The van der Waals surface area contributed by atoms with Gasteiger partial charge in [0.15, 0.2) is 0 Å². The molecule has 1 aromatic carbocycles. The summed E-state index contributed by atoms with van der Waals surface area (Å²) >= 11 is 0. The molecule has 1 amide bonds. The molecule has 1 atom stereocenters. The van der Waals surface area contributed by atoms with Gasteiger partial charge in [-0.1, -0.05) is 25.1 Å². The highest BCUT2D eigenvalue weighted by molar-refractivity contribution is 5.94. The number of nitrogens with zero attached hydrogens (tertiary/aromatic N) is 1. The molecule has 1 aliphatic heterocycles. The molecule has 1 saturated heterocycles. The van der Waals surface area contributed by atoms with Crippen LogP contribution in [0.5, 0.6) is 0 Å². The second-order valence-corrected chi connectivity index (χ2v) is 4.50. The van der Waals surface area contributed by atoms with Gasteiger partial charge in [0.1, 0.15) is 0 Å². The standard InChI is InChI=1S/C14H20N2O/c1-2-16-10-6-9-13(16)11-15-14(17)12-7-4-3-5-8-12/h3-5,7-8,13H,2,6,9-11H2,1H3,(H,15,17)/t13-/m0/s1. The van der Waals surface area contributed by atoms with Crippen LogP contribution < -0.4 is 5.32 Å². The van der Waals surface area contributed by atoms with E-state index in [2.05, 4.69) is 17.1 Å². The summed E-state index contributed by atoms with van der Waals surface area (Å²) in [5.41, 5.74) is 0.744. The van der Waals surface area contributed by atoms with Crippen LogP contribution in [0.1, 0.15) is 30.1 Å². The Bertz CT molecular complexity index is 364. The summed E-state index contributed by atoms with van der Waals surface area (Å²) in [6.45, 7) is 5.19. The lowest BCUT2D eigenvalue weighted by atomic mass is 10.2. The molecule has 0 aliphatic carbocycles. The highest BCUT2D eigenvalue weighted by Crippen LogP contribution is 2.15. The monoisotopic (exact) mass is 232 g/mol. The average Bonchev–Trinajstić information content (AvgIpc) is 2.84. The van der Waals surface area contributed by atoms with Gasteiger partial charge >= 0.3 is 0 Å². The molecule has 17 heavy (non-hydrogen) atoms. The fourth-order valence-corrected chi connectivity index (χ4v) is 2.44. The molecule has 1 aliphatic rings. The Morgan fingerprint density at radius 2 is 2.18 bits per heavy atom. The zero-order valence-electron chi connectivity index (χ0n) is 10.4. The Balaban J connectivity index is 1.84. The number of carbonyl (C=O) groups excluding carboxylic acids is 1. The summed E-state index contributed by atoms with van der Waals surface area (Å²) in [5.74, 6) is 0.0357. The van der Waals surface area contributed by atoms with Crippen LogP contribution in [0.15, 0.2) is 30.3 Å². The minimum Gasteiger partial charge on any atom is -0.350 e. The molecule has 0 bridgehead atoms. The maximum atomic E-state index is 11.9. The fraction of sp³-hybridized carbons (Fsp3) is 0.500. The van der Waals surface area contributed by atoms with Gasteiger partial charge in [0.05, 0.1) is 0 Å². The fourth-order valence-electron chi connectivity index (χ4n) is 2.44. The lowest BCUT2D eigenvalue weighted by Gasteiger charge is -2.22. The van der Waals surface area contributed by atoms with Crippen molar-refractivity contribution in [2.75, 3.05) is 19.6 Å². The van der Waals surface area contributed by atoms with Crippen molar-refractivity contribution in [3.8, 4) is 0 Å². The molecule has 0 aromatic heterocycles. The van der Waals surface area contributed by atoms with Crippen molar-refractivity contribution in [2.24, 2.45) is 0 Å². The van der Waals surface area contributed by atoms with Crippen molar-refractivity contribution < 1.29 is 4.79 Å². The molecule has 92 valence electrons. The summed E-state index contributed by atoms with van der Waals surface area (Å²) < 4.78 is 0. The van der Waals surface area contributed by atoms with Crippen molar-refractivity contribution in [1.29, 1.82) is 0 Å². The molecule has 1 N–H and O–H groups in total. The summed E-state index contributed by atoms with van der Waals surface area (Å²) in [7, 11) is 0. The van der Waals surface area contributed by atoms with Gasteiger partial charge in [0.25, 0.3) is 5.91 Å². The van der Waals surface area contributed by atoms with E-state index < -0.39 is 0 Å². The highest BCUT2D eigenvalue weighted by Gasteiger charge is 2.23. The maximum Gasteiger partial charge on any atom is 0.251 e. The van der Waals surface area contributed by atoms with Gasteiger partial charge in [0, 0.05) is 18.2 Å². The Morgan fingerprint density at radius 1 is 1.41 bits per heavy atom. The van der Waals surface area contributed by atoms with Crippen LogP contribution in [-0.4, -0.2) is 36.5 Å². The number of rotatable bonds is 4. The van der Waals surface area contributed by atoms with Gasteiger partial charge in [-0.3, -0.25) is 9.69 Å². The first kappa shape index (κ1) is 12.1. The van der Waals surface area contributed by atoms with Crippen LogP contribution in [0, 0.1) is 0 Å². The van der Waals surface area contributed by atoms with Crippen molar-refractivity contribution in [3.63, 3.8) is 0 Å². The largest absolute Gasteiger partial charge is 0.350 e. The number of hydrogen-bond acceptors (Lipinski definition) is 2. The Hall–Kier alpha value is -1.35. The zero-order chi connectivity index (χ0) is 12.1. The van der Waals surface area contributed by atoms with Crippen LogP contribution in [0.4, 0.5) is 0 Å². The molecule has 1 aromatic rings. The number of nitrogens with one attached hydrogen (secondary N) is 1. The molecule has 0 unspecified atom stereocenters. The van der Waals surface area contributed by atoms with Gasteiger partial charge in [-0.05, 0) is 38.1 Å². The quantitative estimate of drug-likeness (QED) is 0.860. The van der Waals surface area contributed by atoms with E-state index in [-0.39, 0.29) is 5.91 Å². The lowest BCUT2D eigenvalue weighted by Crippen LogP contribution is -2.40. The van der Waals surface area contributed by atoms with E-state index in [1.54, 1.807) is 0 Å². The van der Waals surface area contributed by atoms with E-state index in [0.717, 1.165) is 18.7 Å². The number of likely N-dealkylation sites (tertiary alicyclic amines) is 1. The summed E-state index contributed by atoms with van der Waals surface area (Å²) in [4.78, 5) is 14.3. The molecule has 1 fully saturated rings. The van der Waals surface area contributed by atoms with Crippen LogP contribution >= 0.6 is 0 Å². The molecule has 3 nitrogen and oxygen atoms in total. The third kappa shape index (κ3) is 3.07. The first-order valence-corrected chi connectivity index (χ1v) is 6.38. The van der Waals surface area contributed by atoms with Crippen LogP contribution in [0.25, 0.3) is 0 Å². The lowest BCUT2D eigenvalue weighted by molar-refractivity contribution is 0.0941. The maximum absolute atomic E-state index is 11.9. The molecule has 3 heteroatoms. The summed E-state index contributed by atoms with van der Waals surface area (Å²) in [5, 5.41) is 3.02. The Kier molecular flexibility index (Phi) is 4.15. The number of hydrogen-bond donors (Lipinski definition) is 1. The van der Waals surface area contributed by atoms with Gasteiger partial charge in [-0.2, -0.15) is 0 Å². The number of benzene rings is 1. The molecule has 0 spiro atoms. The zero-order valence-corrected chi connectivity index (χ0v) is 10.4. The molecule has 1 heterocycles. The van der Waals surface area contributed by atoms with Gasteiger partial charge in [0.2, 0.25) is 0 Å². The van der Waals surface area contributed by atoms with E-state index in [9.17, 15) is 4.79 Å². The summed E-state index contributed by atoms with van der Waals surface area (Å²) in [6.07, 6.45) is 2.45. The van der Waals surface area contributed by atoms with Crippen LogP contribution in [-0.2, 0) is 0 Å². The predicted molar refractivity (Wildman–Crippen MR) is 69.0 cm³/mol. The second kappa shape index (κ2) is 5.82. The first-order valence-electron chi connectivity index (χ1n) is 6.38. The molecule has 0 saturated carbocycles. The normalized spacial score (nSPS) is 20.4. The van der Waals surface area contributed by atoms with E-state index in [0.29, 0.717) is 6.04 Å². The van der Waals surface area contributed by atoms with Crippen LogP contribution in [0.2, 0.25) is 0 Å². The van der Waals surface area contributed by atoms with Gasteiger partial charge in [-0.25, -0.2) is 0 Å². The van der Waals surface area contributed by atoms with Gasteiger partial charge in [-0.15, -0.1) is 0 Å². The number of amides is 1. The molecular weight excluding hydrogens is 212 g/mol. The predicted octanol–water partition coefficient (Wildman–Crippen LogP) is 1.90. The van der Waals surface area contributed by atoms with Crippen molar-refractivity contribution in [1.82, 2.24) is 10.2 Å². The molecule has 2 rings (SSSR count). The van der Waals surface area contributed by atoms with Crippen molar-refractivity contribution >= 4 is 5.91 Å². The SMILES string of the molecule is CCN1CCC[C@H]1CNC(=O)c1ccccc1.